The maximum atomic E-state index is 11.8. The van der Waals surface area contributed by atoms with E-state index in [4.69, 9.17) is 9.15 Å². The number of nitrogens with zero attached hydrogens (tertiary/aromatic N) is 1. The number of carbonyl (C=O) groups excluding carboxylic acids is 2. The van der Waals surface area contributed by atoms with Crippen molar-refractivity contribution in [1.82, 2.24) is 10.3 Å². The third-order valence-corrected chi connectivity index (χ3v) is 3.79. The van der Waals surface area contributed by atoms with Crippen LogP contribution in [0.4, 0.5) is 0 Å². The molecule has 1 aromatic heterocycles. The topological polar surface area (TPSA) is 81.4 Å². The van der Waals surface area contributed by atoms with Crippen molar-refractivity contribution >= 4 is 22.8 Å². The van der Waals surface area contributed by atoms with E-state index in [2.05, 4.69) is 10.3 Å². The van der Waals surface area contributed by atoms with Gasteiger partial charge in [0.2, 0.25) is 0 Å². The van der Waals surface area contributed by atoms with Gasteiger partial charge in [-0.3, -0.25) is 9.59 Å². The summed E-state index contributed by atoms with van der Waals surface area (Å²) in [5.41, 5.74) is 1.23. The van der Waals surface area contributed by atoms with Crippen molar-refractivity contribution in [2.24, 2.45) is 0 Å². The third kappa shape index (κ3) is 3.44. The van der Waals surface area contributed by atoms with Crippen LogP contribution in [-0.4, -0.2) is 29.3 Å². The Morgan fingerprint density at radius 3 is 2.77 bits per heavy atom. The molecule has 0 spiro atoms. The van der Waals surface area contributed by atoms with Crippen molar-refractivity contribution in [2.45, 2.75) is 38.1 Å². The standard InChI is InChI=1S/C16H18N2O4/c19-13(15(20)17-11-6-2-1-3-7-11)10-21-16-18-12-8-4-5-9-14(12)22-16/h4-5,8-9,11H,1-3,6-7,10H2,(H,17,20). The molecule has 1 amide bonds. The number of oxazole rings is 1. The minimum Gasteiger partial charge on any atom is -0.442 e. The first-order chi connectivity index (χ1) is 10.7. The van der Waals surface area contributed by atoms with Gasteiger partial charge in [-0.1, -0.05) is 31.4 Å². The fourth-order valence-electron chi connectivity index (χ4n) is 2.62. The van der Waals surface area contributed by atoms with Gasteiger partial charge < -0.3 is 14.5 Å². The zero-order valence-electron chi connectivity index (χ0n) is 12.2. The zero-order chi connectivity index (χ0) is 15.4. The van der Waals surface area contributed by atoms with Gasteiger partial charge in [0, 0.05) is 6.04 Å². The van der Waals surface area contributed by atoms with Crippen LogP contribution in [0.5, 0.6) is 6.08 Å². The lowest BCUT2D eigenvalue weighted by molar-refractivity contribution is -0.139. The fourth-order valence-corrected chi connectivity index (χ4v) is 2.62. The van der Waals surface area contributed by atoms with E-state index < -0.39 is 11.7 Å². The van der Waals surface area contributed by atoms with Crippen LogP contribution >= 0.6 is 0 Å². The third-order valence-electron chi connectivity index (χ3n) is 3.79. The van der Waals surface area contributed by atoms with E-state index in [9.17, 15) is 9.59 Å². The van der Waals surface area contributed by atoms with Crippen LogP contribution in [0.15, 0.2) is 28.7 Å². The van der Waals surface area contributed by atoms with Gasteiger partial charge >= 0.3 is 6.08 Å². The smallest absolute Gasteiger partial charge is 0.395 e. The monoisotopic (exact) mass is 302 g/mol. The van der Waals surface area contributed by atoms with Crippen LogP contribution in [0.2, 0.25) is 0 Å². The Balaban J connectivity index is 1.51. The summed E-state index contributed by atoms with van der Waals surface area (Å²) < 4.78 is 10.5. The molecule has 1 saturated carbocycles. The number of aromatic nitrogens is 1. The molecule has 3 rings (SSSR count). The highest BCUT2D eigenvalue weighted by atomic mass is 16.6. The number of hydrogen-bond acceptors (Lipinski definition) is 5. The molecule has 6 heteroatoms. The maximum absolute atomic E-state index is 11.8. The van der Waals surface area contributed by atoms with Crippen molar-refractivity contribution in [2.75, 3.05) is 6.61 Å². The minimum atomic E-state index is -0.618. The quantitative estimate of drug-likeness (QED) is 0.856. The molecule has 1 N–H and O–H groups in total. The molecule has 6 nitrogen and oxygen atoms in total. The second kappa shape index (κ2) is 6.60. The summed E-state index contributed by atoms with van der Waals surface area (Å²) in [6, 6.07) is 7.29. The van der Waals surface area contributed by atoms with Gasteiger partial charge in [-0.25, -0.2) is 0 Å². The van der Waals surface area contributed by atoms with Crippen LogP contribution in [0, 0.1) is 0 Å². The second-order valence-corrected chi connectivity index (χ2v) is 5.47. The average molecular weight is 302 g/mol. The first kappa shape index (κ1) is 14.6. The van der Waals surface area contributed by atoms with Gasteiger partial charge in [0.15, 0.2) is 12.2 Å². The molecule has 1 heterocycles. The number of nitrogens with one attached hydrogen (secondary N) is 1. The van der Waals surface area contributed by atoms with Gasteiger partial charge in [0.05, 0.1) is 0 Å². The lowest BCUT2D eigenvalue weighted by Gasteiger charge is -2.22. The number of para-hydroxylation sites is 2. The van der Waals surface area contributed by atoms with Gasteiger partial charge in [0.25, 0.3) is 11.7 Å². The van der Waals surface area contributed by atoms with E-state index in [1.165, 1.54) is 6.42 Å². The summed E-state index contributed by atoms with van der Waals surface area (Å²) in [6.07, 6.45) is 5.26. The lowest BCUT2D eigenvalue weighted by Crippen LogP contribution is -2.41. The first-order valence-corrected chi connectivity index (χ1v) is 7.54. The summed E-state index contributed by atoms with van der Waals surface area (Å²) in [6.45, 7) is -0.370. The lowest BCUT2D eigenvalue weighted by atomic mass is 9.95. The number of hydrogen-bond donors (Lipinski definition) is 1. The Morgan fingerprint density at radius 1 is 1.23 bits per heavy atom. The van der Waals surface area contributed by atoms with Gasteiger partial charge in [-0.05, 0) is 25.0 Å². The predicted molar refractivity (Wildman–Crippen MR) is 79.5 cm³/mol. The number of rotatable bonds is 5. The summed E-state index contributed by atoms with van der Waals surface area (Å²) >= 11 is 0. The SMILES string of the molecule is O=C(COc1nc2ccccc2o1)C(=O)NC1CCCCC1. The number of benzene rings is 1. The van der Waals surface area contributed by atoms with Crippen LogP contribution < -0.4 is 10.1 Å². The summed E-state index contributed by atoms with van der Waals surface area (Å²) in [7, 11) is 0. The number of fused-ring (bicyclic) bond motifs is 1. The Morgan fingerprint density at radius 2 is 2.00 bits per heavy atom. The molecule has 2 aromatic rings. The Hall–Kier alpha value is -2.37. The number of amides is 1. The van der Waals surface area contributed by atoms with E-state index >= 15 is 0 Å². The second-order valence-electron chi connectivity index (χ2n) is 5.47. The molecular formula is C16H18N2O4. The maximum Gasteiger partial charge on any atom is 0.395 e. The molecule has 0 atom stereocenters. The predicted octanol–water partition coefficient (Wildman–Crippen LogP) is 2.22. The van der Waals surface area contributed by atoms with Crippen LogP contribution in [0.25, 0.3) is 11.1 Å². The van der Waals surface area contributed by atoms with Gasteiger partial charge in [-0.2, -0.15) is 4.98 Å². The van der Waals surface area contributed by atoms with Crippen molar-refractivity contribution < 1.29 is 18.7 Å². The molecule has 1 aliphatic rings. The van der Waals surface area contributed by atoms with Crippen molar-refractivity contribution in [3.8, 4) is 6.08 Å². The van der Waals surface area contributed by atoms with E-state index in [1.807, 2.05) is 12.1 Å². The van der Waals surface area contributed by atoms with E-state index in [0.717, 1.165) is 25.7 Å². The summed E-state index contributed by atoms with van der Waals surface area (Å²) in [4.78, 5) is 27.7. The van der Waals surface area contributed by atoms with Crippen LogP contribution in [0.3, 0.4) is 0 Å². The summed E-state index contributed by atoms with van der Waals surface area (Å²) in [5, 5.41) is 2.76. The molecule has 22 heavy (non-hydrogen) atoms. The van der Waals surface area contributed by atoms with Crippen molar-refractivity contribution in [1.29, 1.82) is 0 Å². The molecule has 0 radical (unpaired) electrons. The molecule has 116 valence electrons. The highest BCUT2D eigenvalue weighted by Crippen LogP contribution is 2.20. The Kier molecular flexibility index (Phi) is 4.37. The van der Waals surface area contributed by atoms with Crippen molar-refractivity contribution in [3.63, 3.8) is 0 Å². The minimum absolute atomic E-state index is 0.0000152. The normalized spacial score (nSPS) is 15.6. The van der Waals surface area contributed by atoms with E-state index in [1.54, 1.807) is 12.1 Å². The van der Waals surface area contributed by atoms with Gasteiger partial charge in [0.1, 0.15) is 5.52 Å². The van der Waals surface area contributed by atoms with E-state index in [-0.39, 0.29) is 18.7 Å². The molecule has 0 unspecified atom stereocenters. The number of Topliss-reactive ketones (excluding diaryl/α,β-unsaturated/α-hetero) is 1. The molecular weight excluding hydrogens is 284 g/mol. The number of ketones is 1. The Labute approximate surface area is 127 Å². The molecule has 1 aromatic carbocycles. The average Bonchev–Trinajstić information content (AvgIpc) is 2.96. The van der Waals surface area contributed by atoms with Crippen LogP contribution in [-0.2, 0) is 9.59 Å². The highest BCUT2D eigenvalue weighted by Gasteiger charge is 2.21. The zero-order valence-corrected chi connectivity index (χ0v) is 12.2. The number of ether oxygens (including phenoxy) is 1. The molecule has 1 fully saturated rings. The molecule has 0 aliphatic heterocycles. The first-order valence-electron chi connectivity index (χ1n) is 7.54. The molecule has 1 aliphatic carbocycles. The number of carbonyl (C=O) groups is 2. The van der Waals surface area contributed by atoms with Crippen LogP contribution in [0.1, 0.15) is 32.1 Å². The largest absolute Gasteiger partial charge is 0.442 e. The van der Waals surface area contributed by atoms with Gasteiger partial charge in [-0.15, -0.1) is 0 Å². The Bertz CT molecular complexity index is 641. The molecule has 0 bridgehead atoms. The summed E-state index contributed by atoms with van der Waals surface area (Å²) in [5.74, 6) is -1.21. The highest BCUT2D eigenvalue weighted by molar-refractivity contribution is 6.36. The molecule has 0 saturated heterocycles. The van der Waals surface area contributed by atoms with E-state index in [0.29, 0.717) is 11.1 Å². The van der Waals surface area contributed by atoms with Crippen molar-refractivity contribution in [3.05, 3.63) is 24.3 Å². The fraction of sp³-hybridized carbons (Fsp3) is 0.438.